The molecule has 0 aliphatic rings. The molecule has 38 valence electrons. The van der Waals surface area contributed by atoms with Crippen LogP contribution in [0.25, 0.3) is 0 Å². The second-order valence-corrected chi connectivity index (χ2v) is 0.805. The van der Waals surface area contributed by atoms with E-state index in [1.54, 1.807) is 0 Å². The van der Waals surface area contributed by atoms with Gasteiger partial charge in [-0.25, -0.2) is 0 Å². The Labute approximate surface area is 82.2 Å². The molecular weight excluding hydrogens is 161 g/mol. The van der Waals surface area contributed by atoms with E-state index in [0.29, 0.717) is 0 Å². The van der Waals surface area contributed by atoms with Crippen LogP contribution in [0.3, 0.4) is 0 Å². The molecule has 0 unspecified atom stereocenters. The third kappa shape index (κ3) is 66.6. The van der Waals surface area contributed by atoms with Crippen LogP contribution in [0.2, 0.25) is 0 Å². The molecule has 3 N–H and O–H groups in total. The normalized spacial score (nSPS) is 5.14. The van der Waals surface area contributed by atoms with Gasteiger partial charge in [0.25, 0.3) is 0 Å². The standard InChI is InChI=1S/Al.Li.H3O3P.Ti.4H/c;;1-4(2)3;;;;;/h;;1-3H;;;;;/q;+1;;;;;;-1. The summed E-state index contributed by atoms with van der Waals surface area (Å²) in [5.41, 5.74) is 0. The minimum atomic E-state index is -2.62. The Morgan fingerprint density at radius 3 is 1.14 bits per heavy atom. The van der Waals surface area contributed by atoms with E-state index >= 15 is 0 Å². The van der Waals surface area contributed by atoms with Crippen molar-refractivity contribution in [2.75, 3.05) is 0 Å². The summed E-state index contributed by atoms with van der Waals surface area (Å²) in [6.45, 7) is 0. The summed E-state index contributed by atoms with van der Waals surface area (Å²) >= 11 is 0. The van der Waals surface area contributed by atoms with Gasteiger partial charge in [-0.2, -0.15) is 0 Å². The number of hydrogen-bond acceptors (Lipinski definition) is 3. The van der Waals surface area contributed by atoms with E-state index in [1.807, 2.05) is 0 Å². The fourth-order valence-corrected chi connectivity index (χ4v) is 0. The summed E-state index contributed by atoms with van der Waals surface area (Å²) in [6, 6.07) is 0. The van der Waals surface area contributed by atoms with Gasteiger partial charge in [-0.3, -0.25) is 0 Å². The van der Waals surface area contributed by atoms with Crippen molar-refractivity contribution in [2.24, 2.45) is 0 Å². The molecule has 0 heterocycles. The Balaban J connectivity index is -0.00000000750. The van der Waals surface area contributed by atoms with Crippen LogP contribution < -0.4 is 18.9 Å². The third-order valence-electron chi connectivity index (χ3n) is 0. The average Bonchev–Trinajstić information content (AvgIpc) is 0.811. The summed E-state index contributed by atoms with van der Waals surface area (Å²) in [7, 11) is -2.62. The van der Waals surface area contributed by atoms with Crippen molar-refractivity contribution in [3.63, 3.8) is 0 Å². The summed E-state index contributed by atoms with van der Waals surface area (Å²) in [5, 5.41) is 0. The van der Waals surface area contributed by atoms with Crippen LogP contribution in [0.15, 0.2) is 0 Å². The van der Waals surface area contributed by atoms with Crippen molar-refractivity contribution in [3.05, 3.63) is 0 Å². The van der Waals surface area contributed by atoms with E-state index in [9.17, 15) is 0 Å². The smallest absolute Gasteiger partial charge is 1.00 e. The Bertz CT molecular complexity index is 24.0. The van der Waals surface area contributed by atoms with Crippen LogP contribution in [0, 0.1) is 0 Å². The van der Waals surface area contributed by atoms with Crippen LogP contribution in [-0.4, -0.2) is 32.0 Å². The zero-order valence-electron chi connectivity index (χ0n) is 4.29. The van der Waals surface area contributed by atoms with Gasteiger partial charge in [0.2, 0.25) is 0 Å². The molecule has 0 radical (unpaired) electrons. The SMILES string of the molecule is OP(O)O.[AlH3].[H-].[Li+].[Ti]. The summed E-state index contributed by atoms with van der Waals surface area (Å²) in [5.74, 6) is 0. The molecule has 0 aromatic heterocycles. The van der Waals surface area contributed by atoms with Crippen LogP contribution in [0.5, 0.6) is 0 Å². The summed E-state index contributed by atoms with van der Waals surface area (Å²) in [6.07, 6.45) is 0. The minimum Gasteiger partial charge on any atom is -1.00 e. The van der Waals surface area contributed by atoms with Crippen LogP contribution in [-0.2, 0) is 21.7 Å². The van der Waals surface area contributed by atoms with Crippen LogP contribution in [0.1, 0.15) is 1.43 Å². The van der Waals surface area contributed by atoms with Crippen molar-refractivity contribution in [1.82, 2.24) is 0 Å². The molecule has 0 spiro atoms. The Hall–Kier alpha value is 2.15. The first kappa shape index (κ1) is 22.9. The van der Waals surface area contributed by atoms with Crippen LogP contribution >= 0.6 is 8.60 Å². The first-order valence-corrected chi connectivity index (χ1v) is 1.80. The minimum absolute atomic E-state index is 0. The van der Waals surface area contributed by atoms with Crippen molar-refractivity contribution in [2.45, 2.75) is 0 Å². The predicted molar refractivity (Wildman–Crippen MR) is 24.6 cm³/mol. The zero-order valence-corrected chi connectivity index (χ0v) is 5.74. The van der Waals surface area contributed by atoms with Gasteiger partial charge in [0, 0.05) is 21.7 Å². The van der Waals surface area contributed by atoms with Crippen molar-refractivity contribution in [1.29, 1.82) is 0 Å². The molecule has 7 heteroatoms. The maximum atomic E-state index is 7.23. The van der Waals surface area contributed by atoms with E-state index in [1.165, 1.54) is 0 Å². The van der Waals surface area contributed by atoms with Crippen molar-refractivity contribution in [3.8, 4) is 0 Å². The van der Waals surface area contributed by atoms with E-state index in [4.69, 9.17) is 14.7 Å². The van der Waals surface area contributed by atoms with Gasteiger partial charge in [0.1, 0.15) is 0 Å². The van der Waals surface area contributed by atoms with Gasteiger partial charge in [-0.05, 0) is 0 Å². The van der Waals surface area contributed by atoms with Gasteiger partial charge in [0.05, 0.1) is 0 Å². The predicted octanol–water partition coefficient (Wildman–Crippen LogP) is -4.88. The molecule has 0 fully saturated rings. The van der Waals surface area contributed by atoms with E-state index in [0.717, 1.165) is 0 Å². The van der Waals surface area contributed by atoms with E-state index in [-0.39, 0.29) is 59.4 Å². The number of rotatable bonds is 0. The molecule has 0 aliphatic carbocycles. The molecule has 7 heavy (non-hydrogen) atoms. The average molecular weight is 168 g/mol. The molecule has 0 saturated heterocycles. The van der Waals surface area contributed by atoms with Crippen molar-refractivity contribution >= 4 is 26.0 Å². The molecule has 0 amide bonds. The Morgan fingerprint density at radius 1 is 1.14 bits per heavy atom. The first-order valence-electron chi connectivity index (χ1n) is 0.600. The van der Waals surface area contributed by atoms with Gasteiger partial charge < -0.3 is 16.1 Å². The molecule has 0 atom stereocenters. The summed E-state index contributed by atoms with van der Waals surface area (Å²) < 4.78 is 0. The molecule has 0 rings (SSSR count). The molecule has 0 aromatic rings. The Kier molecular flexibility index (Phi) is 51.4. The monoisotopic (exact) mass is 168 g/mol. The quantitative estimate of drug-likeness (QED) is 0.251. The van der Waals surface area contributed by atoms with Gasteiger partial charge >= 0.3 is 27.5 Å². The molecule has 0 saturated carbocycles. The maximum Gasteiger partial charge on any atom is 1.00 e. The fourth-order valence-electron chi connectivity index (χ4n) is 0. The fraction of sp³-hybridized carbons (Fsp3) is 0. The van der Waals surface area contributed by atoms with E-state index < -0.39 is 8.60 Å². The maximum absolute atomic E-state index is 7.23. The molecular formula is H7AlLiO3PTi. The second kappa shape index (κ2) is 15.7. The topological polar surface area (TPSA) is 60.7 Å². The van der Waals surface area contributed by atoms with Gasteiger partial charge in [0.15, 0.2) is 17.4 Å². The third-order valence-corrected chi connectivity index (χ3v) is 0. The first-order chi connectivity index (χ1) is 1.73. The van der Waals surface area contributed by atoms with Crippen molar-refractivity contribution < 1.29 is 56.7 Å². The van der Waals surface area contributed by atoms with Gasteiger partial charge in [-0.15, -0.1) is 0 Å². The molecule has 0 aromatic carbocycles. The van der Waals surface area contributed by atoms with E-state index in [2.05, 4.69) is 0 Å². The second-order valence-electron chi connectivity index (χ2n) is 0.268. The molecule has 0 aliphatic heterocycles. The number of hydrogen-bond donors (Lipinski definition) is 3. The summed E-state index contributed by atoms with van der Waals surface area (Å²) in [4.78, 5) is 21.7. The molecule has 0 bridgehead atoms. The molecule has 3 nitrogen and oxygen atoms in total. The zero-order chi connectivity index (χ0) is 3.58. The Morgan fingerprint density at radius 2 is 1.14 bits per heavy atom. The largest absolute Gasteiger partial charge is 1.00 e. The van der Waals surface area contributed by atoms with Gasteiger partial charge in [-0.1, -0.05) is 0 Å². The van der Waals surface area contributed by atoms with Crippen LogP contribution in [0.4, 0.5) is 0 Å².